The number of hydrogen-bond acceptors (Lipinski definition) is 12. The van der Waals surface area contributed by atoms with Crippen LogP contribution in [0.2, 0.25) is 0 Å². The first-order valence-electron chi connectivity index (χ1n) is 38.6. The van der Waals surface area contributed by atoms with Crippen LogP contribution in [0.3, 0.4) is 0 Å². The Balaban J connectivity index is 0.000000134. The second kappa shape index (κ2) is 37.4. The highest BCUT2D eigenvalue weighted by Gasteiger charge is 2.31. The molecule has 0 bridgehead atoms. The van der Waals surface area contributed by atoms with Gasteiger partial charge < -0.3 is 21.3 Å². The van der Waals surface area contributed by atoms with E-state index in [4.69, 9.17) is 29.9 Å². The van der Waals surface area contributed by atoms with Gasteiger partial charge in [0.2, 0.25) is 23.5 Å². The molecule has 12 aromatic rings. The zero-order valence-corrected chi connectivity index (χ0v) is 66.0. The smallest absolute Gasteiger partial charge is 0.256 e. The highest BCUT2D eigenvalue weighted by Crippen LogP contribution is 2.38. The number of fused-ring (bicyclic) bond motifs is 12. The van der Waals surface area contributed by atoms with Crippen molar-refractivity contribution < 1.29 is 49.9 Å². The van der Waals surface area contributed by atoms with Gasteiger partial charge in [-0.2, -0.15) is 0 Å². The fourth-order valence-electron chi connectivity index (χ4n) is 14.4. The van der Waals surface area contributed by atoms with Crippen LogP contribution in [0, 0.1) is 44.3 Å². The first kappa shape index (κ1) is 81.2. The number of aryl methyl sites for hydroxylation is 12. The van der Waals surface area contributed by atoms with Gasteiger partial charge in [-0.1, -0.05) is 187 Å². The highest BCUT2D eigenvalue weighted by molar-refractivity contribution is 14.1. The third kappa shape index (κ3) is 19.2. The van der Waals surface area contributed by atoms with Gasteiger partial charge >= 0.3 is 0 Å². The number of nitrogens with zero attached hydrogens (tertiary/aromatic N) is 8. The number of carbonyl (C=O) groups excluding carboxylic acids is 4. The molecule has 0 saturated carbocycles. The van der Waals surface area contributed by atoms with Gasteiger partial charge in [0.05, 0.1) is 87.6 Å². The normalized spacial score (nSPS) is 12.2. The number of benzene rings is 8. The van der Waals surface area contributed by atoms with E-state index in [1.54, 1.807) is 12.1 Å². The number of hydrogen-bond donors (Lipinski definition) is 4. The fraction of sp³-hybridized carbons (Fsp3) is 0.253. The predicted molar refractivity (Wildman–Crippen MR) is 439 cm³/mol. The van der Waals surface area contributed by atoms with E-state index >= 15 is 0 Å². The first-order chi connectivity index (χ1) is 55.8. The van der Waals surface area contributed by atoms with Crippen LogP contribution in [-0.4, -0.2) is 63.5 Å². The number of nitrogens with one attached hydrogen (secondary N) is 4. The molecule has 0 saturated heterocycles. The maximum absolute atomic E-state index is 13.9. The summed E-state index contributed by atoms with van der Waals surface area (Å²) in [6, 6.07) is 53.5. The van der Waals surface area contributed by atoms with Crippen molar-refractivity contribution in [2.24, 2.45) is 0 Å². The zero-order chi connectivity index (χ0) is 80.8. The minimum Gasteiger partial charge on any atom is -0.309 e. The number of aromatic nitrogens is 8. The van der Waals surface area contributed by atoms with Crippen molar-refractivity contribution in [2.75, 3.05) is 21.3 Å². The van der Waals surface area contributed by atoms with E-state index in [0.717, 1.165) is 166 Å². The number of carbonyl (C=O) groups is 4. The molecule has 0 fully saturated rings. The number of anilines is 4. The lowest BCUT2D eigenvalue weighted by Gasteiger charge is -2.20. The quantitative estimate of drug-likeness (QED) is 0.0257. The maximum Gasteiger partial charge on any atom is 0.256 e. The van der Waals surface area contributed by atoms with E-state index < -0.39 is 58.6 Å². The Morgan fingerprint density at radius 2 is 0.643 bits per heavy atom. The Hall–Kier alpha value is -11.8. The minimum absolute atomic E-state index is 0.0518. The summed E-state index contributed by atoms with van der Waals surface area (Å²) >= 11 is 2.26. The topological polar surface area (TPSA) is 220 Å². The van der Waals surface area contributed by atoms with Crippen molar-refractivity contribution in [3.8, 4) is 45.0 Å². The standard InChI is InChI=1S/C23H18F5N3O.C23H21F2N3O.C23H22IN3O.C22H21N3O/c1-2-5-15-23(30-14-9-8-11-6-3-4-7-12(11)22(14)29-15)31-16(32)10-13-17(24)19(26)21(28)20(27)18(13)25;1-2-5-20-23(28-21(29)13-14-8-10-17(24)18(25)12-14)27-19-11-9-15-6-3-4-7-16(15)22(19)26-20;1-2-5-20-23(27-21(28)14-15-8-11-17(24)12-9-15)26-19-13-10-16-6-3-4-7-18(16)22(19)25-20;1-2-8-19-21(25-22(26)16-10-4-3-5-11-16)24-18-14-13-15-9-6-7-12-17(15)20(18)23-19/h3-4,6-7H,2,5,8-10H2,1H3,(H,30,31,32);3-4,6-8,10,12H,2,5,9,11,13H2,1H3,(H,27,28,29);3-4,6-9,11-12H,2,5,10,13-14H2,1H3,(H,26,27,28);3-7,9-12H,2,8,13-14H2,1H3,(H,24,25,26). The summed E-state index contributed by atoms with van der Waals surface area (Å²) in [7, 11) is 0. The summed E-state index contributed by atoms with van der Waals surface area (Å²) in [5.41, 5.74) is 20.2. The third-order valence-electron chi connectivity index (χ3n) is 20.0. The summed E-state index contributed by atoms with van der Waals surface area (Å²) in [6.07, 6.45) is 12.0. The summed E-state index contributed by atoms with van der Waals surface area (Å²) in [4.78, 5) is 88.4. The molecule has 0 aliphatic heterocycles. The van der Waals surface area contributed by atoms with Gasteiger partial charge in [0, 0.05) is 37.0 Å². The van der Waals surface area contributed by atoms with Crippen LogP contribution in [0.5, 0.6) is 0 Å². The third-order valence-corrected chi connectivity index (χ3v) is 20.7. The van der Waals surface area contributed by atoms with E-state index in [2.05, 4.69) is 116 Å². The molecule has 4 amide bonds. The fourth-order valence-corrected chi connectivity index (χ4v) is 14.8. The molecule has 586 valence electrons. The van der Waals surface area contributed by atoms with Crippen molar-refractivity contribution in [1.29, 1.82) is 0 Å². The number of halogens is 8. The molecule has 16 rings (SSSR count). The van der Waals surface area contributed by atoms with Crippen LogP contribution in [0.25, 0.3) is 45.0 Å². The van der Waals surface area contributed by atoms with E-state index in [9.17, 15) is 49.9 Å². The monoisotopic (exact) mass is 1670 g/mol. The lowest BCUT2D eigenvalue weighted by molar-refractivity contribution is -0.116. The van der Waals surface area contributed by atoms with Crippen LogP contribution >= 0.6 is 22.6 Å². The molecule has 115 heavy (non-hydrogen) atoms. The van der Waals surface area contributed by atoms with Crippen LogP contribution in [0.15, 0.2) is 170 Å². The second-order valence-electron chi connectivity index (χ2n) is 28.3. The Morgan fingerprint density at radius 3 is 1.00 bits per heavy atom. The van der Waals surface area contributed by atoms with Gasteiger partial charge in [0.15, 0.2) is 58.2 Å². The Kier molecular flexibility index (Phi) is 26.4. The highest BCUT2D eigenvalue weighted by atomic mass is 127. The van der Waals surface area contributed by atoms with Crippen molar-refractivity contribution in [3.05, 3.63) is 304 Å². The van der Waals surface area contributed by atoms with Gasteiger partial charge in [-0.15, -0.1) is 0 Å². The summed E-state index contributed by atoms with van der Waals surface area (Å²) in [5.74, 6) is -12.1. The molecule has 24 heteroatoms. The van der Waals surface area contributed by atoms with Crippen LogP contribution < -0.4 is 21.3 Å². The van der Waals surface area contributed by atoms with Gasteiger partial charge in [-0.25, -0.2) is 70.6 Å². The predicted octanol–water partition coefficient (Wildman–Crippen LogP) is 19.2. The van der Waals surface area contributed by atoms with Gasteiger partial charge in [-0.3, -0.25) is 19.2 Å². The Bertz CT molecular complexity index is 5630. The molecular weight excluding hydrogens is 1580 g/mol. The van der Waals surface area contributed by atoms with E-state index in [-0.39, 0.29) is 30.0 Å². The van der Waals surface area contributed by atoms with E-state index in [1.807, 2.05) is 105 Å². The van der Waals surface area contributed by atoms with Gasteiger partial charge in [-0.05, 0) is 169 Å². The van der Waals surface area contributed by atoms with Crippen LogP contribution in [0.1, 0.15) is 148 Å². The SMILES string of the molecule is CCCc1nc2c(nc1NC(=O)Cc1c(F)c(F)c(F)c(F)c1F)CCc1ccccc1-2.CCCc1nc2c(nc1NC(=O)Cc1ccc(F)c(F)c1)CCc1ccccc1-2.CCCc1nc2c(nc1NC(=O)Cc1ccc(I)cc1)CCc1ccccc1-2.CCCc1nc2c(nc1NC(=O)c1ccccc1)CCc1ccccc1-2. The number of rotatable bonds is 19. The maximum atomic E-state index is 13.9. The zero-order valence-electron chi connectivity index (χ0n) is 63.8. The van der Waals surface area contributed by atoms with Crippen molar-refractivity contribution in [2.45, 2.75) is 150 Å². The molecule has 0 radical (unpaired) electrons. The molecule has 0 unspecified atom stereocenters. The van der Waals surface area contributed by atoms with E-state index in [1.165, 1.54) is 33.9 Å². The molecule has 8 aromatic carbocycles. The van der Waals surface area contributed by atoms with E-state index in [0.29, 0.717) is 77.8 Å². The average Bonchev–Trinajstić information content (AvgIpc) is 0.810. The van der Waals surface area contributed by atoms with Gasteiger partial charge in [0.25, 0.3) is 5.91 Å². The first-order valence-corrected chi connectivity index (χ1v) is 39.7. The average molecular weight is 1670 g/mol. The van der Waals surface area contributed by atoms with Crippen LogP contribution in [0.4, 0.5) is 54.0 Å². The molecule has 0 spiro atoms. The van der Waals surface area contributed by atoms with Crippen molar-refractivity contribution in [3.63, 3.8) is 0 Å². The molecule has 4 heterocycles. The summed E-state index contributed by atoms with van der Waals surface area (Å²) in [6.45, 7) is 8.18. The van der Waals surface area contributed by atoms with Crippen molar-refractivity contribution in [1.82, 2.24) is 39.9 Å². The molecule has 16 nitrogen and oxygen atoms in total. The van der Waals surface area contributed by atoms with Crippen molar-refractivity contribution >= 4 is 69.5 Å². The lowest BCUT2D eigenvalue weighted by Crippen LogP contribution is -2.21. The van der Waals surface area contributed by atoms with Crippen LogP contribution in [-0.2, 0) is 111 Å². The molecule has 0 atom stereocenters. The van der Waals surface area contributed by atoms with Gasteiger partial charge in [0.1, 0.15) is 0 Å². The molecule has 4 aliphatic carbocycles. The molecule has 4 aromatic heterocycles. The summed E-state index contributed by atoms with van der Waals surface area (Å²) in [5, 5.41) is 11.3. The molecule has 4 aliphatic rings. The Morgan fingerprint density at radius 1 is 0.330 bits per heavy atom. The second-order valence-corrected chi connectivity index (χ2v) is 29.5. The summed E-state index contributed by atoms with van der Waals surface area (Å²) < 4.78 is 95.6. The number of amides is 4. The lowest BCUT2D eigenvalue weighted by atomic mass is 9.91. The molecular formula is C91H82F7IN12O4. The Labute approximate surface area is 675 Å². The molecule has 4 N–H and O–H groups in total. The minimum atomic E-state index is -2.27. The largest absolute Gasteiger partial charge is 0.309 e.